The molecular weight excluding hydrogens is 332 g/mol. The molecule has 3 heterocycles. The van der Waals surface area contributed by atoms with Crippen molar-refractivity contribution in [3.05, 3.63) is 29.1 Å². The minimum atomic E-state index is -0.513. The van der Waals surface area contributed by atoms with Gasteiger partial charge in [-0.15, -0.1) is 0 Å². The number of likely N-dealkylation sites (tertiary alicyclic amines) is 1. The van der Waals surface area contributed by atoms with Crippen molar-refractivity contribution in [1.29, 1.82) is 0 Å². The Morgan fingerprint density at radius 1 is 1.27 bits per heavy atom. The predicted molar refractivity (Wildman–Crippen MR) is 94.5 cm³/mol. The summed E-state index contributed by atoms with van der Waals surface area (Å²) in [4.78, 5) is 32.0. The van der Waals surface area contributed by atoms with Crippen LogP contribution in [0.3, 0.4) is 0 Å². The number of hydroxylamine groups is 1. The lowest BCUT2D eigenvalue weighted by Crippen LogP contribution is -2.56. The number of pyridine rings is 1. The molecule has 1 aliphatic carbocycles. The van der Waals surface area contributed by atoms with Crippen LogP contribution in [-0.2, 0) is 17.8 Å². The Morgan fingerprint density at radius 2 is 2.00 bits per heavy atom. The second kappa shape index (κ2) is 6.63. The Bertz CT molecular complexity index is 719. The zero-order chi connectivity index (χ0) is 18.3. The van der Waals surface area contributed by atoms with Crippen molar-refractivity contribution in [2.75, 3.05) is 19.6 Å². The average Bonchev–Trinajstić information content (AvgIpc) is 2.64. The second-order valence-corrected chi connectivity index (χ2v) is 8.06. The van der Waals surface area contributed by atoms with Gasteiger partial charge in [-0.3, -0.25) is 24.7 Å². The molecule has 1 aromatic heterocycles. The van der Waals surface area contributed by atoms with Gasteiger partial charge in [-0.25, -0.2) is 5.48 Å². The Labute approximate surface area is 153 Å². The van der Waals surface area contributed by atoms with Gasteiger partial charge in [0.1, 0.15) is 0 Å². The highest BCUT2D eigenvalue weighted by Crippen LogP contribution is 2.51. The molecule has 2 aliphatic heterocycles. The first-order valence-electron chi connectivity index (χ1n) is 9.41. The first-order chi connectivity index (χ1) is 12.5. The lowest BCUT2D eigenvalue weighted by molar-refractivity contribution is -0.133. The van der Waals surface area contributed by atoms with E-state index in [4.69, 9.17) is 5.21 Å². The van der Waals surface area contributed by atoms with Crippen molar-refractivity contribution in [3.8, 4) is 0 Å². The maximum Gasteiger partial charge on any atom is 0.276 e. The topological polar surface area (TPSA) is 85.8 Å². The summed E-state index contributed by atoms with van der Waals surface area (Å²) in [6, 6.07) is 2.44. The number of rotatable bonds is 2. The fourth-order valence-corrected chi connectivity index (χ4v) is 4.84. The van der Waals surface area contributed by atoms with Crippen LogP contribution in [0.25, 0.3) is 0 Å². The maximum absolute atomic E-state index is 11.5. The molecule has 4 rings (SSSR count). The molecule has 26 heavy (non-hydrogen) atoms. The van der Waals surface area contributed by atoms with Gasteiger partial charge in [0.05, 0.1) is 11.3 Å². The van der Waals surface area contributed by atoms with E-state index in [1.165, 1.54) is 19.0 Å². The van der Waals surface area contributed by atoms with E-state index < -0.39 is 5.91 Å². The van der Waals surface area contributed by atoms with E-state index in [0.717, 1.165) is 56.7 Å². The quantitative estimate of drug-likeness (QED) is 0.616. The summed E-state index contributed by atoms with van der Waals surface area (Å²) >= 11 is 0. The summed E-state index contributed by atoms with van der Waals surface area (Å²) in [5.74, 6) is -0.316. The van der Waals surface area contributed by atoms with E-state index in [1.54, 1.807) is 12.4 Å². The van der Waals surface area contributed by atoms with E-state index in [-0.39, 0.29) is 5.91 Å². The molecule has 1 spiro atoms. The van der Waals surface area contributed by atoms with Crippen LogP contribution in [0.4, 0.5) is 0 Å². The molecule has 1 saturated carbocycles. The summed E-state index contributed by atoms with van der Waals surface area (Å²) in [5.41, 5.74) is 4.65. The van der Waals surface area contributed by atoms with Crippen LogP contribution in [0.15, 0.2) is 12.3 Å². The Morgan fingerprint density at radius 3 is 2.65 bits per heavy atom. The average molecular weight is 358 g/mol. The fraction of sp³-hybridized carbons (Fsp3) is 0.632. The minimum Gasteiger partial charge on any atom is -0.343 e. The molecule has 2 amide bonds. The van der Waals surface area contributed by atoms with Crippen molar-refractivity contribution in [2.24, 2.45) is 5.41 Å². The molecule has 2 N–H and O–H groups in total. The Balaban J connectivity index is 1.35. The lowest BCUT2D eigenvalue weighted by atomic mass is 9.60. The Hall–Kier alpha value is -1.99. The number of carbonyl (C=O) groups excluding carboxylic acids is 2. The third-order valence-corrected chi connectivity index (χ3v) is 6.57. The zero-order valence-electron chi connectivity index (χ0n) is 15.2. The van der Waals surface area contributed by atoms with Crippen molar-refractivity contribution < 1.29 is 14.8 Å². The Kier molecular flexibility index (Phi) is 4.44. The van der Waals surface area contributed by atoms with Crippen LogP contribution in [0.2, 0.25) is 0 Å². The molecule has 1 saturated heterocycles. The van der Waals surface area contributed by atoms with Crippen molar-refractivity contribution in [1.82, 2.24) is 20.3 Å². The molecule has 3 aliphatic rings. The summed E-state index contributed by atoms with van der Waals surface area (Å²) in [5, 5.41) is 8.76. The lowest BCUT2D eigenvalue weighted by Gasteiger charge is -2.55. The number of nitrogens with one attached hydrogen (secondary N) is 1. The van der Waals surface area contributed by atoms with Crippen molar-refractivity contribution in [2.45, 2.75) is 51.6 Å². The number of hydrogen-bond donors (Lipinski definition) is 2. The van der Waals surface area contributed by atoms with Gasteiger partial charge in [0.25, 0.3) is 5.91 Å². The first kappa shape index (κ1) is 17.4. The normalized spacial score (nSPS) is 22.6. The highest BCUT2D eigenvalue weighted by molar-refractivity contribution is 5.93. The summed E-state index contributed by atoms with van der Waals surface area (Å²) in [6.45, 7) is 5.29. The zero-order valence-corrected chi connectivity index (χ0v) is 15.2. The number of carbonyl (C=O) groups is 2. The molecule has 7 nitrogen and oxygen atoms in total. The van der Waals surface area contributed by atoms with Crippen LogP contribution in [0, 0.1) is 5.41 Å². The van der Waals surface area contributed by atoms with Gasteiger partial charge in [-0.05, 0) is 49.1 Å². The van der Waals surface area contributed by atoms with Gasteiger partial charge in [0.15, 0.2) is 0 Å². The van der Waals surface area contributed by atoms with E-state index >= 15 is 0 Å². The van der Waals surface area contributed by atoms with Crippen molar-refractivity contribution in [3.63, 3.8) is 0 Å². The van der Waals surface area contributed by atoms with Crippen LogP contribution in [0.5, 0.6) is 0 Å². The fourth-order valence-electron chi connectivity index (χ4n) is 4.84. The third kappa shape index (κ3) is 3.10. The van der Waals surface area contributed by atoms with E-state index in [0.29, 0.717) is 17.0 Å². The molecule has 2 fully saturated rings. The van der Waals surface area contributed by atoms with Crippen LogP contribution in [-0.4, -0.2) is 57.5 Å². The van der Waals surface area contributed by atoms with Gasteiger partial charge >= 0.3 is 0 Å². The van der Waals surface area contributed by atoms with Gasteiger partial charge < -0.3 is 4.90 Å². The third-order valence-electron chi connectivity index (χ3n) is 6.57. The summed E-state index contributed by atoms with van der Waals surface area (Å²) < 4.78 is 0. The van der Waals surface area contributed by atoms with Crippen molar-refractivity contribution >= 4 is 11.8 Å². The molecule has 0 aromatic carbocycles. The van der Waals surface area contributed by atoms with Crippen LogP contribution in [0.1, 0.15) is 54.2 Å². The highest BCUT2D eigenvalue weighted by Gasteiger charge is 2.48. The number of hydrogen-bond acceptors (Lipinski definition) is 5. The molecule has 0 unspecified atom stereocenters. The predicted octanol–water partition coefficient (Wildman–Crippen LogP) is 1.35. The molecular formula is C19H26N4O3. The molecule has 140 valence electrons. The summed E-state index contributed by atoms with van der Waals surface area (Å²) in [7, 11) is 0. The largest absolute Gasteiger partial charge is 0.343 e. The van der Waals surface area contributed by atoms with Crippen LogP contribution < -0.4 is 5.48 Å². The number of amides is 2. The number of nitrogens with zero attached hydrogens (tertiary/aromatic N) is 3. The summed E-state index contributed by atoms with van der Waals surface area (Å²) in [6.07, 6.45) is 7.12. The highest BCUT2D eigenvalue weighted by atomic mass is 16.5. The molecule has 1 aromatic rings. The molecule has 7 heteroatoms. The van der Waals surface area contributed by atoms with Gasteiger partial charge in [-0.2, -0.15) is 0 Å². The number of aromatic nitrogens is 1. The number of fused-ring (bicyclic) bond motifs is 1. The smallest absolute Gasteiger partial charge is 0.276 e. The number of piperidine rings is 1. The minimum absolute atomic E-state index is 0.198. The second-order valence-electron chi connectivity index (χ2n) is 8.06. The van der Waals surface area contributed by atoms with E-state index in [2.05, 4.69) is 9.88 Å². The maximum atomic E-state index is 11.5. The van der Waals surface area contributed by atoms with Crippen LogP contribution >= 0.6 is 0 Å². The molecule has 0 atom stereocenters. The molecule has 0 bridgehead atoms. The monoisotopic (exact) mass is 358 g/mol. The van der Waals surface area contributed by atoms with Gasteiger partial charge in [0, 0.05) is 45.3 Å². The van der Waals surface area contributed by atoms with Gasteiger partial charge in [-0.1, -0.05) is 0 Å². The van der Waals surface area contributed by atoms with E-state index in [1.807, 2.05) is 11.0 Å². The standard InChI is InChI=1S/C19H26N4O3/c1-13(24)22-6-3-19(4-7-22)9-16(10-19)23-5-2-14-8-15(18(25)21-26)11-20-17(14)12-23/h8,11,16,26H,2-7,9-10,12H2,1H3,(H,21,25). The first-order valence-corrected chi connectivity index (χ1v) is 9.41. The molecule has 0 radical (unpaired) electrons. The van der Waals surface area contributed by atoms with Gasteiger partial charge in [0.2, 0.25) is 5.91 Å². The SMILES string of the molecule is CC(=O)N1CCC2(CC1)CC(N1CCc3cc(C(=O)NO)cnc3C1)C2. The van der Waals surface area contributed by atoms with E-state index in [9.17, 15) is 9.59 Å².